The van der Waals surface area contributed by atoms with Crippen LogP contribution in [0.25, 0.3) is 10.2 Å². The number of rotatable bonds is 8. The number of ether oxygens (including phenoxy) is 1. The zero-order chi connectivity index (χ0) is 22.7. The van der Waals surface area contributed by atoms with Gasteiger partial charge in [-0.15, -0.1) is 0 Å². The maximum atomic E-state index is 13.1. The molecule has 0 radical (unpaired) electrons. The molecule has 4 rings (SSSR count). The van der Waals surface area contributed by atoms with Crippen molar-refractivity contribution in [2.24, 2.45) is 0 Å². The number of methoxy groups -OCH3 is 1. The van der Waals surface area contributed by atoms with Crippen LogP contribution in [0.15, 0.2) is 70.2 Å². The molecule has 0 bridgehead atoms. The van der Waals surface area contributed by atoms with E-state index in [1.54, 1.807) is 31.4 Å². The Kier molecular flexibility index (Phi) is 6.24. The molecule has 166 valence electrons. The largest absolute Gasteiger partial charge is 0.497 e. The van der Waals surface area contributed by atoms with Gasteiger partial charge >= 0.3 is 0 Å². The number of sulfone groups is 1. The third-order valence-electron chi connectivity index (χ3n) is 4.77. The van der Waals surface area contributed by atoms with Gasteiger partial charge in [0.25, 0.3) is 0 Å². The second-order valence-corrected chi connectivity index (χ2v) is 10.0. The summed E-state index contributed by atoms with van der Waals surface area (Å²) in [6.07, 6.45) is 1.24. The number of hydrogen-bond acceptors (Lipinski definition) is 7. The van der Waals surface area contributed by atoms with Gasteiger partial charge < -0.3 is 9.15 Å². The van der Waals surface area contributed by atoms with Gasteiger partial charge in [0.2, 0.25) is 5.91 Å². The molecule has 0 saturated carbocycles. The molecule has 0 aliphatic rings. The Morgan fingerprint density at radius 3 is 2.66 bits per heavy atom. The second-order valence-electron chi connectivity index (χ2n) is 6.91. The minimum absolute atomic E-state index is 0.0311. The predicted molar refractivity (Wildman–Crippen MR) is 119 cm³/mol. The highest BCUT2D eigenvalue weighted by molar-refractivity contribution is 7.91. The monoisotopic (exact) mass is 474 g/mol. The number of nitrogens with zero attached hydrogens (tertiary/aromatic N) is 2. The van der Waals surface area contributed by atoms with Gasteiger partial charge in [-0.25, -0.2) is 17.8 Å². The lowest BCUT2D eigenvalue weighted by atomic mass is 10.3. The van der Waals surface area contributed by atoms with Crippen LogP contribution in [0, 0.1) is 5.82 Å². The lowest BCUT2D eigenvalue weighted by molar-refractivity contribution is -0.118. The summed E-state index contributed by atoms with van der Waals surface area (Å²) in [5.41, 5.74) is 0.696. The fourth-order valence-corrected chi connectivity index (χ4v) is 5.31. The number of thiazole rings is 1. The molecule has 2 heterocycles. The minimum atomic E-state index is -3.75. The fraction of sp³-hybridized carbons (Fsp3) is 0.182. The van der Waals surface area contributed by atoms with Gasteiger partial charge in [-0.2, -0.15) is 0 Å². The van der Waals surface area contributed by atoms with Crippen molar-refractivity contribution >= 4 is 42.4 Å². The first kappa shape index (κ1) is 22.0. The summed E-state index contributed by atoms with van der Waals surface area (Å²) in [5, 5.41) is 0.425. The summed E-state index contributed by atoms with van der Waals surface area (Å²) in [5.74, 6) is -0.154. The van der Waals surface area contributed by atoms with Crippen LogP contribution in [0.2, 0.25) is 0 Å². The molecule has 0 saturated heterocycles. The van der Waals surface area contributed by atoms with E-state index in [9.17, 15) is 17.6 Å². The van der Waals surface area contributed by atoms with Crippen molar-refractivity contribution in [2.75, 3.05) is 17.8 Å². The molecule has 10 heteroatoms. The highest BCUT2D eigenvalue weighted by Crippen LogP contribution is 2.32. The Hall–Kier alpha value is -3.24. The zero-order valence-electron chi connectivity index (χ0n) is 17.0. The summed E-state index contributed by atoms with van der Waals surface area (Å²) in [6.45, 7) is 0.111. The van der Waals surface area contributed by atoms with Gasteiger partial charge in [-0.1, -0.05) is 11.3 Å². The minimum Gasteiger partial charge on any atom is -0.497 e. The van der Waals surface area contributed by atoms with E-state index in [1.807, 2.05) is 6.07 Å². The van der Waals surface area contributed by atoms with Crippen LogP contribution in [-0.4, -0.2) is 32.2 Å². The number of halogens is 1. The Bertz CT molecular complexity index is 1330. The number of carbonyl (C=O) groups is 1. The highest BCUT2D eigenvalue weighted by atomic mass is 32.2. The number of furan rings is 1. The number of hydrogen-bond donors (Lipinski definition) is 0. The average Bonchev–Trinajstić information content (AvgIpc) is 3.45. The quantitative estimate of drug-likeness (QED) is 0.351. The molecular formula is C22H19FN2O5S2. The SMILES string of the molecule is COc1ccc2nc(N(Cc3ccco3)C(=O)CCS(=O)(=O)c3ccc(F)cc3)sc2c1. The van der Waals surface area contributed by atoms with Gasteiger partial charge in [0.15, 0.2) is 15.0 Å². The van der Waals surface area contributed by atoms with E-state index in [1.165, 1.54) is 34.6 Å². The highest BCUT2D eigenvalue weighted by Gasteiger charge is 2.24. The van der Waals surface area contributed by atoms with E-state index in [0.29, 0.717) is 22.2 Å². The Morgan fingerprint density at radius 2 is 1.97 bits per heavy atom. The molecule has 0 atom stereocenters. The normalized spacial score (nSPS) is 11.6. The van der Waals surface area contributed by atoms with E-state index < -0.39 is 27.3 Å². The molecule has 0 aliphatic carbocycles. The van der Waals surface area contributed by atoms with E-state index in [0.717, 1.165) is 16.8 Å². The first-order chi connectivity index (χ1) is 15.4. The lowest BCUT2D eigenvalue weighted by Gasteiger charge is -2.18. The number of carbonyl (C=O) groups excluding carboxylic acids is 1. The number of anilines is 1. The molecule has 32 heavy (non-hydrogen) atoms. The van der Waals surface area contributed by atoms with Crippen molar-refractivity contribution in [3.8, 4) is 5.75 Å². The lowest BCUT2D eigenvalue weighted by Crippen LogP contribution is -2.31. The number of amides is 1. The first-order valence-electron chi connectivity index (χ1n) is 9.61. The summed E-state index contributed by atoms with van der Waals surface area (Å²) in [6, 6.07) is 13.4. The van der Waals surface area contributed by atoms with Crippen molar-refractivity contribution in [3.63, 3.8) is 0 Å². The van der Waals surface area contributed by atoms with Gasteiger partial charge in [0, 0.05) is 6.42 Å². The van der Waals surface area contributed by atoms with Gasteiger partial charge in [-0.3, -0.25) is 9.69 Å². The molecule has 0 N–H and O–H groups in total. The maximum Gasteiger partial charge on any atom is 0.230 e. The predicted octanol–water partition coefficient (Wildman–Crippen LogP) is 4.43. The fourth-order valence-electron chi connectivity index (χ4n) is 3.07. The maximum absolute atomic E-state index is 13.1. The van der Waals surface area contributed by atoms with Crippen LogP contribution in [0.4, 0.5) is 9.52 Å². The Balaban J connectivity index is 1.58. The van der Waals surface area contributed by atoms with Crippen molar-refractivity contribution in [2.45, 2.75) is 17.9 Å². The van der Waals surface area contributed by atoms with Crippen molar-refractivity contribution in [1.29, 1.82) is 0 Å². The van der Waals surface area contributed by atoms with Crippen LogP contribution in [0.5, 0.6) is 5.75 Å². The Labute approximate surface area is 188 Å². The first-order valence-corrected chi connectivity index (χ1v) is 12.1. The summed E-state index contributed by atoms with van der Waals surface area (Å²) < 4.78 is 49.8. The van der Waals surface area contributed by atoms with Crippen LogP contribution >= 0.6 is 11.3 Å². The number of aromatic nitrogens is 1. The topological polar surface area (TPSA) is 89.7 Å². The summed E-state index contributed by atoms with van der Waals surface area (Å²) in [4.78, 5) is 19.0. The van der Waals surface area contributed by atoms with E-state index >= 15 is 0 Å². The van der Waals surface area contributed by atoms with Gasteiger partial charge in [-0.05, 0) is 54.6 Å². The average molecular weight is 475 g/mol. The molecule has 2 aromatic carbocycles. The van der Waals surface area contributed by atoms with E-state index in [4.69, 9.17) is 9.15 Å². The standard InChI is InChI=1S/C22H19FN2O5S2/c1-29-16-6-9-19-20(13-16)31-22(24-19)25(14-17-3-2-11-30-17)21(26)10-12-32(27,28)18-7-4-15(23)5-8-18/h2-9,11,13H,10,12,14H2,1H3. The molecule has 0 fully saturated rings. The second kappa shape index (κ2) is 9.09. The molecule has 0 spiro atoms. The van der Waals surface area contributed by atoms with E-state index in [-0.39, 0.29) is 17.9 Å². The Morgan fingerprint density at radius 1 is 1.19 bits per heavy atom. The van der Waals surface area contributed by atoms with Gasteiger partial charge in [0.1, 0.15) is 17.3 Å². The third-order valence-corrected chi connectivity index (χ3v) is 7.54. The zero-order valence-corrected chi connectivity index (χ0v) is 18.7. The van der Waals surface area contributed by atoms with Crippen LogP contribution in [0.3, 0.4) is 0 Å². The number of benzene rings is 2. The smallest absolute Gasteiger partial charge is 0.230 e. The molecule has 2 aromatic heterocycles. The molecule has 1 amide bonds. The summed E-state index contributed by atoms with van der Waals surface area (Å²) >= 11 is 1.30. The van der Waals surface area contributed by atoms with Crippen LogP contribution < -0.4 is 9.64 Å². The summed E-state index contributed by atoms with van der Waals surface area (Å²) in [7, 11) is -2.19. The van der Waals surface area contributed by atoms with Crippen molar-refractivity contribution in [1.82, 2.24) is 4.98 Å². The molecule has 0 aliphatic heterocycles. The molecule has 4 aromatic rings. The number of fused-ring (bicyclic) bond motifs is 1. The van der Waals surface area contributed by atoms with E-state index in [2.05, 4.69) is 4.98 Å². The van der Waals surface area contributed by atoms with Crippen LogP contribution in [-0.2, 0) is 21.2 Å². The van der Waals surface area contributed by atoms with Crippen LogP contribution in [0.1, 0.15) is 12.2 Å². The molecular weight excluding hydrogens is 455 g/mol. The molecule has 7 nitrogen and oxygen atoms in total. The van der Waals surface area contributed by atoms with Crippen molar-refractivity contribution in [3.05, 3.63) is 72.4 Å². The third kappa shape index (κ3) is 4.81. The molecule has 0 unspecified atom stereocenters. The van der Waals surface area contributed by atoms with Crippen molar-refractivity contribution < 1.29 is 26.8 Å². The van der Waals surface area contributed by atoms with Gasteiger partial charge in [0.05, 0.1) is 40.8 Å².